The van der Waals surface area contributed by atoms with Crippen molar-refractivity contribution in [1.29, 1.82) is 5.26 Å². The maximum absolute atomic E-state index is 11.8. The lowest BCUT2D eigenvalue weighted by Crippen LogP contribution is -2.26. The topological polar surface area (TPSA) is 115 Å². The standard InChI is InChI=1S/C16H20N4O3/c1-12-6-7-14(11-19-12)20-10-13(9-17)16(23)18-8-4-2-3-5-15(21)22/h6-7,10-11,20H,2-5,8H2,1H3,(H,18,23)(H,21,22)/b13-10-. The number of carboxylic acid groups (broad SMARTS) is 1. The Balaban J connectivity index is 2.36. The van der Waals surface area contributed by atoms with Crippen molar-refractivity contribution in [3.8, 4) is 6.07 Å². The third kappa shape index (κ3) is 7.62. The maximum Gasteiger partial charge on any atom is 0.303 e. The minimum atomic E-state index is -0.819. The van der Waals surface area contributed by atoms with E-state index < -0.39 is 11.9 Å². The number of carboxylic acids is 1. The van der Waals surface area contributed by atoms with Crippen molar-refractivity contribution < 1.29 is 14.7 Å². The second-order valence-corrected chi connectivity index (χ2v) is 4.96. The van der Waals surface area contributed by atoms with Gasteiger partial charge in [0, 0.05) is 24.9 Å². The molecule has 0 aliphatic rings. The van der Waals surface area contributed by atoms with Crippen LogP contribution in [0.1, 0.15) is 31.4 Å². The molecular formula is C16H20N4O3. The Hall–Kier alpha value is -2.88. The highest BCUT2D eigenvalue weighted by Gasteiger charge is 2.07. The van der Waals surface area contributed by atoms with Crippen LogP contribution < -0.4 is 10.6 Å². The highest BCUT2D eigenvalue weighted by atomic mass is 16.4. The number of nitriles is 1. The van der Waals surface area contributed by atoms with Gasteiger partial charge >= 0.3 is 5.97 Å². The van der Waals surface area contributed by atoms with Crippen molar-refractivity contribution in [3.63, 3.8) is 0 Å². The quantitative estimate of drug-likeness (QED) is 0.364. The molecule has 0 saturated carbocycles. The number of unbranched alkanes of at least 4 members (excludes halogenated alkanes) is 2. The second kappa shape index (κ2) is 9.95. The molecule has 0 bridgehead atoms. The van der Waals surface area contributed by atoms with Crippen LogP contribution in [0.15, 0.2) is 30.1 Å². The molecule has 0 unspecified atom stereocenters. The van der Waals surface area contributed by atoms with Crippen molar-refractivity contribution in [2.45, 2.75) is 32.6 Å². The Morgan fingerprint density at radius 2 is 2.13 bits per heavy atom. The number of rotatable bonds is 9. The third-order valence-electron chi connectivity index (χ3n) is 3.01. The fourth-order valence-corrected chi connectivity index (χ4v) is 1.73. The molecule has 0 spiro atoms. The minimum Gasteiger partial charge on any atom is -0.481 e. The van der Waals surface area contributed by atoms with Gasteiger partial charge in [0.2, 0.25) is 0 Å². The fraction of sp³-hybridized carbons (Fsp3) is 0.375. The van der Waals surface area contributed by atoms with Crippen LogP contribution >= 0.6 is 0 Å². The predicted octanol–water partition coefficient (Wildman–Crippen LogP) is 1.97. The van der Waals surface area contributed by atoms with E-state index in [1.165, 1.54) is 6.20 Å². The normalized spacial score (nSPS) is 10.7. The number of aromatic nitrogens is 1. The highest BCUT2D eigenvalue weighted by molar-refractivity contribution is 5.97. The summed E-state index contributed by atoms with van der Waals surface area (Å²) in [6.45, 7) is 2.27. The Morgan fingerprint density at radius 1 is 1.35 bits per heavy atom. The van der Waals surface area contributed by atoms with E-state index in [0.717, 1.165) is 5.69 Å². The summed E-state index contributed by atoms with van der Waals surface area (Å²) in [5.74, 6) is -1.28. The van der Waals surface area contributed by atoms with Gasteiger partial charge in [-0.25, -0.2) is 0 Å². The Bertz CT molecular complexity index is 603. The summed E-state index contributed by atoms with van der Waals surface area (Å²) < 4.78 is 0. The Labute approximate surface area is 135 Å². The van der Waals surface area contributed by atoms with Gasteiger partial charge in [0.05, 0.1) is 11.9 Å². The van der Waals surface area contributed by atoms with E-state index in [2.05, 4.69) is 15.6 Å². The van der Waals surface area contributed by atoms with E-state index in [-0.39, 0.29) is 12.0 Å². The first-order valence-electron chi connectivity index (χ1n) is 7.32. The zero-order valence-electron chi connectivity index (χ0n) is 13.0. The summed E-state index contributed by atoms with van der Waals surface area (Å²) >= 11 is 0. The molecule has 1 aromatic heterocycles. The average molecular weight is 316 g/mol. The van der Waals surface area contributed by atoms with Gasteiger partial charge in [-0.15, -0.1) is 0 Å². The number of aliphatic carboxylic acids is 1. The van der Waals surface area contributed by atoms with Crippen LogP contribution in [0.25, 0.3) is 0 Å². The first-order chi connectivity index (χ1) is 11.0. The van der Waals surface area contributed by atoms with Gasteiger partial charge in [0.1, 0.15) is 11.6 Å². The van der Waals surface area contributed by atoms with Crippen LogP contribution in [0.4, 0.5) is 5.69 Å². The summed E-state index contributed by atoms with van der Waals surface area (Å²) in [6.07, 6.45) is 5.05. The molecule has 7 heteroatoms. The monoisotopic (exact) mass is 316 g/mol. The van der Waals surface area contributed by atoms with Gasteiger partial charge in [0.25, 0.3) is 5.91 Å². The number of nitrogens with zero attached hydrogens (tertiary/aromatic N) is 2. The van der Waals surface area contributed by atoms with Crippen LogP contribution in [-0.4, -0.2) is 28.5 Å². The lowest BCUT2D eigenvalue weighted by Gasteiger charge is -2.05. The first-order valence-corrected chi connectivity index (χ1v) is 7.32. The second-order valence-electron chi connectivity index (χ2n) is 4.96. The number of amides is 1. The molecule has 0 saturated heterocycles. The third-order valence-corrected chi connectivity index (χ3v) is 3.01. The molecule has 0 aromatic carbocycles. The van der Waals surface area contributed by atoms with Crippen LogP contribution in [0.5, 0.6) is 0 Å². The number of hydrogen-bond donors (Lipinski definition) is 3. The van der Waals surface area contributed by atoms with Crippen LogP contribution in [-0.2, 0) is 9.59 Å². The van der Waals surface area contributed by atoms with E-state index in [1.54, 1.807) is 12.3 Å². The van der Waals surface area contributed by atoms with Crippen molar-refractivity contribution in [2.75, 3.05) is 11.9 Å². The van der Waals surface area contributed by atoms with Gasteiger partial charge < -0.3 is 15.7 Å². The van der Waals surface area contributed by atoms with Gasteiger partial charge in [-0.3, -0.25) is 14.6 Å². The number of aryl methyl sites for hydroxylation is 1. The minimum absolute atomic E-state index is 0.0314. The zero-order valence-corrected chi connectivity index (χ0v) is 13.0. The SMILES string of the molecule is Cc1ccc(N/C=C(/C#N)C(=O)NCCCCCC(=O)O)cn1. The predicted molar refractivity (Wildman–Crippen MR) is 85.4 cm³/mol. The molecule has 0 atom stereocenters. The number of hydrogen-bond acceptors (Lipinski definition) is 5. The zero-order chi connectivity index (χ0) is 17.1. The number of anilines is 1. The molecule has 1 heterocycles. The molecule has 0 aliphatic carbocycles. The van der Waals surface area contributed by atoms with Crippen LogP contribution in [0.2, 0.25) is 0 Å². The van der Waals surface area contributed by atoms with Crippen LogP contribution in [0.3, 0.4) is 0 Å². The summed E-state index contributed by atoms with van der Waals surface area (Å²) in [7, 11) is 0. The molecule has 7 nitrogen and oxygen atoms in total. The van der Waals surface area contributed by atoms with Gasteiger partial charge in [-0.05, 0) is 31.9 Å². The van der Waals surface area contributed by atoms with E-state index >= 15 is 0 Å². The average Bonchev–Trinajstić information content (AvgIpc) is 2.52. The largest absolute Gasteiger partial charge is 0.481 e. The number of carbonyl (C=O) groups is 2. The Morgan fingerprint density at radius 3 is 2.74 bits per heavy atom. The highest BCUT2D eigenvalue weighted by Crippen LogP contribution is 2.06. The van der Waals surface area contributed by atoms with Crippen LogP contribution in [0, 0.1) is 18.3 Å². The molecule has 1 rings (SSSR count). The molecular weight excluding hydrogens is 296 g/mol. The summed E-state index contributed by atoms with van der Waals surface area (Å²) in [5, 5.41) is 23.0. The van der Waals surface area contributed by atoms with E-state index in [4.69, 9.17) is 10.4 Å². The van der Waals surface area contributed by atoms with Crippen molar-refractivity contribution >= 4 is 17.6 Å². The molecule has 0 radical (unpaired) electrons. The molecule has 0 aliphatic heterocycles. The van der Waals surface area contributed by atoms with Gasteiger partial charge in [-0.1, -0.05) is 6.42 Å². The summed E-state index contributed by atoms with van der Waals surface area (Å²) in [5.41, 5.74) is 1.53. The van der Waals surface area contributed by atoms with Gasteiger partial charge in [0.15, 0.2) is 0 Å². The fourth-order valence-electron chi connectivity index (χ4n) is 1.73. The first kappa shape index (κ1) is 18.2. The molecule has 23 heavy (non-hydrogen) atoms. The number of pyridine rings is 1. The smallest absolute Gasteiger partial charge is 0.303 e. The lowest BCUT2D eigenvalue weighted by molar-refractivity contribution is -0.137. The molecule has 3 N–H and O–H groups in total. The van der Waals surface area contributed by atoms with Crippen molar-refractivity contribution in [3.05, 3.63) is 35.8 Å². The summed E-state index contributed by atoms with van der Waals surface area (Å²) in [6, 6.07) is 5.46. The molecule has 0 fully saturated rings. The number of nitrogens with one attached hydrogen (secondary N) is 2. The summed E-state index contributed by atoms with van der Waals surface area (Å²) in [4.78, 5) is 26.3. The van der Waals surface area contributed by atoms with E-state index in [1.807, 2.05) is 19.1 Å². The van der Waals surface area contributed by atoms with E-state index in [0.29, 0.717) is 31.5 Å². The van der Waals surface area contributed by atoms with Crippen molar-refractivity contribution in [2.24, 2.45) is 0 Å². The van der Waals surface area contributed by atoms with Crippen molar-refractivity contribution in [1.82, 2.24) is 10.3 Å². The maximum atomic E-state index is 11.8. The Kier molecular flexibility index (Phi) is 7.86. The molecule has 1 amide bonds. The van der Waals surface area contributed by atoms with Gasteiger partial charge in [-0.2, -0.15) is 5.26 Å². The lowest BCUT2D eigenvalue weighted by atomic mass is 10.2. The molecule has 1 aromatic rings. The van der Waals surface area contributed by atoms with E-state index in [9.17, 15) is 9.59 Å². The molecule has 122 valence electrons. The number of carbonyl (C=O) groups excluding carboxylic acids is 1.